The van der Waals surface area contributed by atoms with Crippen LogP contribution in [-0.4, -0.2) is 13.8 Å². The Labute approximate surface area is 143 Å². The van der Waals surface area contributed by atoms with Gasteiger partial charge >= 0.3 is 144 Å². The summed E-state index contributed by atoms with van der Waals surface area (Å²) in [6, 6.07) is 23.5. The van der Waals surface area contributed by atoms with E-state index in [9.17, 15) is 0 Å². The fourth-order valence-electron chi connectivity index (χ4n) is 2.19. The van der Waals surface area contributed by atoms with Crippen LogP contribution in [0.3, 0.4) is 0 Å². The fraction of sp³-hybridized carbons (Fsp3) is 0. The molecule has 0 saturated heterocycles. The van der Waals surface area contributed by atoms with Gasteiger partial charge in [0.2, 0.25) is 0 Å². The maximum absolute atomic E-state index is 4.04. The van der Waals surface area contributed by atoms with Gasteiger partial charge in [0.15, 0.2) is 0 Å². The average Bonchev–Trinajstić information content (AvgIpc) is 2.48. The van der Waals surface area contributed by atoms with Crippen LogP contribution in [0, 0.1) is 0 Å². The predicted octanol–water partition coefficient (Wildman–Crippen LogP) is 4.95. The first kappa shape index (κ1) is 15.1. The first-order chi connectivity index (χ1) is 9.60. The van der Waals surface area contributed by atoms with Crippen LogP contribution in [0.4, 0.5) is 0 Å². The number of fused-ring (bicyclic) bond motifs is 1. The van der Waals surface area contributed by atoms with E-state index in [4.69, 9.17) is 0 Å². The van der Waals surface area contributed by atoms with Crippen molar-refractivity contribution in [2.24, 2.45) is 0 Å². The Kier molecular flexibility index (Phi) is 4.60. The van der Waals surface area contributed by atoms with Crippen molar-refractivity contribution in [3.05, 3.63) is 71.2 Å². The minimum atomic E-state index is -2.67. The van der Waals surface area contributed by atoms with E-state index in [0.717, 1.165) is 4.47 Å². The molecule has 0 spiro atoms. The standard InChI is InChI=1S/C16H11Br3Te/c17-14-10-4-6-12-7-5-11-15(16(12)14)20(18,19)13-8-2-1-3-9-13/h1-11H. The second-order valence-electron chi connectivity index (χ2n) is 4.38. The fourth-order valence-corrected chi connectivity index (χ4v) is 14.0. The molecule has 0 aliphatic heterocycles. The van der Waals surface area contributed by atoms with E-state index < -0.39 is 13.8 Å². The molecule has 0 aromatic heterocycles. The second-order valence-corrected chi connectivity index (χ2v) is 29.4. The summed E-state index contributed by atoms with van der Waals surface area (Å²) in [6.45, 7) is 0. The quantitative estimate of drug-likeness (QED) is 0.383. The average molecular weight is 571 g/mol. The summed E-state index contributed by atoms with van der Waals surface area (Å²) < 4.78 is 3.89. The molecule has 3 aromatic rings. The van der Waals surface area contributed by atoms with Crippen molar-refractivity contribution >= 4 is 73.2 Å². The maximum atomic E-state index is 4.04. The van der Waals surface area contributed by atoms with Crippen LogP contribution in [0.15, 0.2) is 71.2 Å². The second kappa shape index (κ2) is 6.10. The molecule has 0 heterocycles. The monoisotopic (exact) mass is 570 g/mol. The van der Waals surface area contributed by atoms with Gasteiger partial charge in [0.05, 0.1) is 0 Å². The molecule has 3 rings (SSSR count). The summed E-state index contributed by atoms with van der Waals surface area (Å²) >= 11 is 9.11. The summed E-state index contributed by atoms with van der Waals surface area (Å²) in [7, 11) is 0. The molecule has 0 aliphatic carbocycles. The molecule has 4 heteroatoms. The van der Waals surface area contributed by atoms with Crippen molar-refractivity contribution in [3.63, 3.8) is 0 Å². The van der Waals surface area contributed by atoms with Crippen LogP contribution in [0.25, 0.3) is 10.8 Å². The molecule has 0 radical (unpaired) electrons. The SMILES string of the molecule is Brc1cccc2cccc([Te](Br)(Br)c3ccccc3)c12. The third-order valence-electron chi connectivity index (χ3n) is 3.13. The zero-order chi connectivity index (χ0) is 14.2. The topological polar surface area (TPSA) is 0 Å². The summed E-state index contributed by atoms with van der Waals surface area (Å²) in [4.78, 5) is 0. The van der Waals surface area contributed by atoms with Crippen molar-refractivity contribution in [1.82, 2.24) is 0 Å². The van der Waals surface area contributed by atoms with Crippen molar-refractivity contribution in [2.75, 3.05) is 0 Å². The molecule has 0 amide bonds. The number of benzene rings is 3. The molecule has 0 N–H and O–H groups in total. The van der Waals surface area contributed by atoms with Crippen molar-refractivity contribution in [2.45, 2.75) is 0 Å². The molecule has 0 atom stereocenters. The molecule has 0 bridgehead atoms. The van der Waals surface area contributed by atoms with Gasteiger partial charge in [-0.1, -0.05) is 0 Å². The van der Waals surface area contributed by atoms with Gasteiger partial charge in [0.25, 0.3) is 0 Å². The Bertz CT molecular complexity index is 749. The van der Waals surface area contributed by atoms with E-state index in [0.29, 0.717) is 0 Å². The molecule has 0 nitrogen and oxygen atoms in total. The molecule has 0 saturated carbocycles. The Balaban J connectivity index is 2.30. The molecule has 20 heavy (non-hydrogen) atoms. The Hall–Kier alpha value is 0.150. The molecule has 0 fully saturated rings. The number of rotatable bonds is 2. The van der Waals surface area contributed by atoms with E-state index in [1.807, 2.05) is 0 Å². The molecule has 0 unspecified atom stereocenters. The van der Waals surface area contributed by atoms with E-state index in [1.165, 1.54) is 18.0 Å². The van der Waals surface area contributed by atoms with E-state index in [1.54, 1.807) is 0 Å². The van der Waals surface area contributed by atoms with Gasteiger partial charge in [-0.25, -0.2) is 0 Å². The zero-order valence-corrected chi connectivity index (χ0v) is 17.5. The number of halogens is 3. The number of hydrogen-bond acceptors (Lipinski definition) is 0. The third-order valence-corrected chi connectivity index (χ3v) is 18.5. The first-order valence-corrected chi connectivity index (χ1v) is 19.6. The molecular weight excluding hydrogens is 559 g/mol. The normalized spacial score (nSPS) is 12.6. The van der Waals surface area contributed by atoms with Gasteiger partial charge in [0.1, 0.15) is 0 Å². The van der Waals surface area contributed by atoms with Gasteiger partial charge in [0, 0.05) is 0 Å². The Morgan fingerprint density at radius 1 is 0.700 bits per heavy atom. The van der Waals surface area contributed by atoms with Crippen LogP contribution in [0.1, 0.15) is 0 Å². The van der Waals surface area contributed by atoms with Crippen LogP contribution in [0.2, 0.25) is 0 Å². The van der Waals surface area contributed by atoms with E-state index in [-0.39, 0.29) is 0 Å². The van der Waals surface area contributed by atoms with Crippen LogP contribution in [-0.2, 0) is 0 Å². The van der Waals surface area contributed by atoms with Gasteiger partial charge in [-0.3, -0.25) is 0 Å². The van der Waals surface area contributed by atoms with Gasteiger partial charge in [-0.15, -0.1) is 0 Å². The molecular formula is C16H11Br3Te. The van der Waals surface area contributed by atoms with Crippen LogP contribution < -0.4 is 7.22 Å². The van der Waals surface area contributed by atoms with Crippen molar-refractivity contribution in [3.8, 4) is 0 Å². The molecule has 3 aromatic carbocycles. The summed E-state index contributed by atoms with van der Waals surface area (Å²) in [6.07, 6.45) is 0. The van der Waals surface area contributed by atoms with Gasteiger partial charge < -0.3 is 0 Å². The van der Waals surface area contributed by atoms with Gasteiger partial charge in [-0.05, 0) is 0 Å². The Morgan fingerprint density at radius 3 is 2.05 bits per heavy atom. The van der Waals surface area contributed by atoms with Crippen LogP contribution in [0.5, 0.6) is 0 Å². The van der Waals surface area contributed by atoms with Crippen molar-refractivity contribution in [1.29, 1.82) is 0 Å². The van der Waals surface area contributed by atoms with E-state index >= 15 is 0 Å². The number of hydrogen-bond donors (Lipinski definition) is 0. The minimum absolute atomic E-state index is 1.15. The summed E-state index contributed by atoms with van der Waals surface area (Å²) in [5.41, 5.74) is 0. The van der Waals surface area contributed by atoms with E-state index in [2.05, 4.69) is 108 Å². The molecule has 0 aliphatic rings. The first-order valence-electron chi connectivity index (χ1n) is 6.05. The van der Waals surface area contributed by atoms with Crippen LogP contribution >= 0.6 is 41.4 Å². The molecule has 102 valence electrons. The summed E-state index contributed by atoms with van der Waals surface area (Å²) in [5.74, 6) is 0. The Morgan fingerprint density at radius 2 is 1.35 bits per heavy atom. The zero-order valence-electron chi connectivity index (χ0n) is 10.4. The summed E-state index contributed by atoms with van der Waals surface area (Å²) in [5, 5.41) is 2.57. The predicted molar refractivity (Wildman–Crippen MR) is 101 cm³/mol. The third kappa shape index (κ3) is 2.74. The van der Waals surface area contributed by atoms with Crippen molar-refractivity contribution < 1.29 is 0 Å². The van der Waals surface area contributed by atoms with Gasteiger partial charge in [-0.2, -0.15) is 0 Å².